The van der Waals surface area contributed by atoms with Crippen molar-refractivity contribution < 1.29 is 19.4 Å². The van der Waals surface area contributed by atoms with E-state index in [1.807, 2.05) is 0 Å². The molecule has 0 spiro atoms. The summed E-state index contributed by atoms with van der Waals surface area (Å²) >= 11 is 0. The number of aliphatic carboxylic acids is 1. The summed E-state index contributed by atoms with van der Waals surface area (Å²) in [5.41, 5.74) is 0. The summed E-state index contributed by atoms with van der Waals surface area (Å²) < 4.78 is 4.72. The molecule has 14 heavy (non-hydrogen) atoms. The summed E-state index contributed by atoms with van der Waals surface area (Å²) in [6.45, 7) is 0.322. The molecule has 0 heterocycles. The van der Waals surface area contributed by atoms with Gasteiger partial charge in [0.05, 0.1) is 6.61 Å². The largest absolute Gasteiger partial charge is 0.480 e. The average Bonchev–Trinajstić information content (AvgIpc) is 2.93. The minimum atomic E-state index is -0.946. The molecular weight excluding hydrogens is 186 g/mol. The average molecular weight is 201 g/mol. The molecule has 1 atom stereocenters. The van der Waals surface area contributed by atoms with Gasteiger partial charge in [-0.3, -0.25) is 4.79 Å². The Hall–Kier alpha value is -1.10. The Balaban J connectivity index is 2.31. The van der Waals surface area contributed by atoms with E-state index in [0.717, 1.165) is 12.8 Å². The van der Waals surface area contributed by atoms with Crippen LogP contribution in [0.4, 0.5) is 0 Å². The fourth-order valence-electron chi connectivity index (χ4n) is 1.25. The first kappa shape index (κ1) is 11.0. The van der Waals surface area contributed by atoms with Gasteiger partial charge in [0, 0.05) is 13.5 Å². The van der Waals surface area contributed by atoms with Crippen molar-refractivity contribution in [3.63, 3.8) is 0 Å². The van der Waals surface area contributed by atoms with Crippen molar-refractivity contribution in [1.82, 2.24) is 5.32 Å². The Morgan fingerprint density at radius 1 is 1.57 bits per heavy atom. The second-order valence-corrected chi connectivity index (χ2v) is 3.46. The number of ether oxygens (including phenoxy) is 1. The van der Waals surface area contributed by atoms with Gasteiger partial charge in [-0.2, -0.15) is 0 Å². The van der Waals surface area contributed by atoms with E-state index in [9.17, 15) is 9.59 Å². The molecule has 1 aliphatic rings. The third-order valence-electron chi connectivity index (χ3n) is 2.21. The smallest absolute Gasteiger partial charge is 0.326 e. The molecule has 0 saturated heterocycles. The van der Waals surface area contributed by atoms with Crippen molar-refractivity contribution in [1.29, 1.82) is 0 Å². The monoisotopic (exact) mass is 201 g/mol. The van der Waals surface area contributed by atoms with Crippen LogP contribution in [0.15, 0.2) is 0 Å². The Morgan fingerprint density at radius 3 is 2.64 bits per heavy atom. The molecule has 1 rings (SSSR count). The predicted octanol–water partition coefficient (Wildman–Crippen LogP) is 0.00230. The lowest BCUT2D eigenvalue weighted by molar-refractivity contribution is -0.142. The quantitative estimate of drug-likeness (QED) is 0.634. The van der Waals surface area contributed by atoms with Gasteiger partial charge >= 0.3 is 5.97 Å². The van der Waals surface area contributed by atoms with Crippen LogP contribution in [-0.4, -0.2) is 36.7 Å². The minimum absolute atomic E-state index is 0.124. The molecule has 0 aromatic heterocycles. The molecule has 0 aromatic rings. The highest BCUT2D eigenvalue weighted by atomic mass is 16.5. The molecule has 1 unspecified atom stereocenters. The van der Waals surface area contributed by atoms with Gasteiger partial charge in [-0.15, -0.1) is 0 Å². The van der Waals surface area contributed by atoms with E-state index in [1.54, 1.807) is 0 Å². The zero-order valence-corrected chi connectivity index (χ0v) is 8.16. The first-order chi connectivity index (χ1) is 6.65. The van der Waals surface area contributed by atoms with E-state index >= 15 is 0 Å². The maximum Gasteiger partial charge on any atom is 0.326 e. The van der Waals surface area contributed by atoms with Crippen LogP contribution < -0.4 is 5.32 Å². The molecular formula is C9H15NO4. The van der Waals surface area contributed by atoms with Crippen LogP contribution in [0.2, 0.25) is 0 Å². The maximum absolute atomic E-state index is 11.2. The van der Waals surface area contributed by atoms with E-state index in [0.29, 0.717) is 6.61 Å². The van der Waals surface area contributed by atoms with Gasteiger partial charge in [-0.25, -0.2) is 4.79 Å². The predicted molar refractivity (Wildman–Crippen MR) is 48.8 cm³/mol. The van der Waals surface area contributed by atoms with Crippen LogP contribution in [0.25, 0.3) is 0 Å². The molecule has 0 bridgehead atoms. The summed E-state index contributed by atoms with van der Waals surface area (Å²) in [6, 6.07) is -0.709. The number of carboxylic acid groups (broad SMARTS) is 1. The Bertz CT molecular complexity index is 225. The Labute approximate surface area is 82.4 Å². The lowest BCUT2D eigenvalue weighted by Gasteiger charge is -2.12. The zero-order chi connectivity index (χ0) is 10.6. The van der Waals surface area contributed by atoms with Gasteiger partial charge in [0.2, 0.25) is 5.91 Å². The standard InChI is InChI=1S/C9H15NO4/c1-14-5-4-7(11)10-8(9(12)13)6-2-3-6/h6,8H,2-5H2,1H3,(H,10,11)(H,12,13). The minimum Gasteiger partial charge on any atom is -0.480 e. The van der Waals surface area contributed by atoms with E-state index < -0.39 is 12.0 Å². The SMILES string of the molecule is COCCC(=O)NC(C(=O)O)C1CC1. The number of carbonyl (C=O) groups is 2. The van der Waals surface area contributed by atoms with Crippen molar-refractivity contribution in [2.45, 2.75) is 25.3 Å². The molecule has 2 N–H and O–H groups in total. The molecule has 80 valence electrons. The summed E-state index contributed by atoms with van der Waals surface area (Å²) in [5, 5.41) is 11.3. The molecule has 5 heteroatoms. The first-order valence-electron chi connectivity index (χ1n) is 4.66. The second kappa shape index (κ2) is 4.95. The van der Waals surface area contributed by atoms with Crippen molar-refractivity contribution in [3.05, 3.63) is 0 Å². The van der Waals surface area contributed by atoms with Gasteiger partial charge < -0.3 is 15.2 Å². The van der Waals surface area contributed by atoms with E-state index in [4.69, 9.17) is 9.84 Å². The fraction of sp³-hybridized carbons (Fsp3) is 0.778. The normalized spacial score (nSPS) is 17.5. The molecule has 1 aliphatic carbocycles. The molecule has 5 nitrogen and oxygen atoms in total. The number of rotatable bonds is 6. The fourth-order valence-corrected chi connectivity index (χ4v) is 1.25. The van der Waals surface area contributed by atoms with Crippen LogP contribution in [-0.2, 0) is 14.3 Å². The summed E-state index contributed by atoms with van der Waals surface area (Å²) in [7, 11) is 1.50. The topological polar surface area (TPSA) is 75.6 Å². The van der Waals surface area contributed by atoms with Crippen molar-refractivity contribution in [2.24, 2.45) is 5.92 Å². The van der Waals surface area contributed by atoms with E-state index in [2.05, 4.69) is 5.32 Å². The summed E-state index contributed by atoms with van der Waals surface area (Å²) in [4.78, 5) is 21.9. The lowest BCUT2D eigenvalue weighted by atomic mass is 10.2. The highest BCUT2D eigenvalue weighted by Crippen LogP contribution is 2.32. The van der Waals surface area contributed by atoms with Crippen LogP contribution in [0.3, 0.4) is 0 Å². The van der Waals surface area contributed by atoms with Gasteiger partial charge in [-0.05, 0) is 18.8 Å². The number of hydrogen-bond donors (Lipinski definition) is 2. The van der Waals surface area contributed by atoms with Gasteiger partial charge in [0.15, 0.2) is 0 Å². The molecule has 0 aliphatic heterocycles. The molecule has 0 radical (unpaired) electrons. The summed E-state index contributed by atoms with van der Waals surface area (Å²) in [5.74, 6) is -1.08. The highest BCUT2D eigenvalue weighted by Gasteiger charge is 2.36. The number of methoxy groups -OCH3 is 1. The molecule has 1 fully saturated rings. The van der Waals surface area contributed by atoms with Crippen molar-refractivity contribution >= 4 is 11.9 Å². The third-order valence-corrected chi connectivity index (χ3v) is 2.21. The molecule has 1 amide bonds. The van der Waals surface area contributed by atoms with Crippen molar-refractivity contribution in [2.75, 3.05) is 13.7 Å². The molecule has 1 saturated carbocycles. The van der Waals surface area contributed by atoms with Crippen LogP contribution in [0.5, 0.6) is 0 Å². The number of nitrogens with one attached hydrogen (secondary N) is 1. The third kappa shape index (κ3) is 3.33. The second-order valence-electron chi connectivity index (χ2n) is 3.46. The van der Waals surface area contributed by atoms with Crippen LogP contribution >= 0.6 is 0 Å². The van der Waals surface area contributed by atoms with Gasteiger partial charge in [0.1, 0.15) is 6.04 Å². The van der Waals surface area contributed by atoms with Crippen LogP contribution in [0, 0.1) is 5.92 Å². The Morgan fingerprint density at radius 2 is 2.21 bits per heavy atom. The first-order valence-corrected chi connectivity index (χ1v) is 4.66. The maximum atomic E-state index is 11.2. The molecule has 0 aromatic carbocycles. The number of amides is 1. The number of carbonyl (C=O) groups excluding carboxylic acids is 1. The van der Waals surface area contributed by atoms with Gasteiger partial charge in [-0.1, -0.05) is 0 Å². The van der Waals surface area contributed by atoms with Gasteiger partial charge in [0.25, 0.3) is 0 Å². The van der Waals surface area contributed by atoms with E-state index in [1.165, 1.54) is 7.11 Å². The van der Waals surface area contributed by atoms with Crippen LogP contribution in [0.1, 0.15) is 19.3 Å². The Kier molecular flexibility index (Phi) is 3.88. The summed E-state index contributed by atoms with van der Waals surface area (Å²) in [6.07, 6.45) is 2.00. The zero-order valence-electron chi connectivity index (χ0n) is 8.16. The van der Waals surface area contributed by atoms with Crippen molar-refractivity contribution in [3.8, 4) is 0 Å². The number of hydrogen-bond acceptors (Lipinski definition) is 3. The lowest BCUT2D eigenvalue weighted by Crippen LogP contribution is -2.42. The van der Waals surface area contributed by atoms with E-state index in [-0.39, 0.29) is 18.2 Å². The number of carboxylic acids is 1. The highest BCUT2D eigenvalue weighted by molar-refractivity contribution is 5.84.